The quantitative estimate of drug-likeness (QED) is 0.478. The van der Waals surface area contributed by atoms with Crippen LogP contribution in [0.5, 0.6) is 5.75 Å². The van der Waals surface area contributed by atoms with E-state index < -0.39 is 0 Å². The second-order valence-corrected chi connectivity index (χ2v) is 7.58. The summed E-state index contributed by atoms with van der Waals surface area (Å²) in [5, 5.41) is 9.31. The topological polar surface area (TPSA) is 59.3 Å². The Morgan fingerprint density at radius 2 is 1.81 bits per heavy atom. The van der Waals surface area contributed by atoms with Crippen LogP contribution in [-0.2, 0) is 0 Å². The lowest BCUT2D eigenvalue weighted by atomic mass is 10.1. The van der Waals surface area contributed by atoms with Crippen molar-refractivity contribution in [2.75, 3.05) is 23.7 Å². The number of benzene rings is 2. The zero-order chi connectivity index (χ0) is 20.3. The summed E-state index contributed by atoms with van der Waals surface area (Å²) in [4.78, 5) is 0. The number of nitrogens with one attached hydrogen (secondary N) is 2. The third-order valence-corrected chi connectivity index (χ3v) is 4.96. The first-order valence-corrected chi connectivity index (χ1v) is 10.5. The standard InChI is InChI=1S/C13H18ClNO.C6H8N2S.C2H6/c1-13(2)7-9(13)8-15-11-6-10(14)4-5-12(11)16-3;7-9-8-6-4-2-1-3-5-6;1-2/h4-6,9,15H,7-8H2,1-3H3;1-5,8H,7H2;1-2H3. The average molecular weight is 410 g/mol. The van der Waals surface area contributed by atoms with Crippen LogP contribution in [0.4, 0.5) is 11.4 Å². The lowest BCUT2D eigenvalue weighted by Crippen LogP contribution is -2.08. The normalized spacial score (nSPS) is 16.0. The molecule has 0 spiro atoms. The summed E-state index contributed by atoms with van der Waals surface area (Å²) < 4.78 is 8.19. The summed E-state index contributed by atoms with van der Waals surface area (Å²) in [7, 11) is 1.68. The van der Waals surface area contributed by atoms with Crippen LogP contribution in [0.25, 0.3) is 0 Å². The van der Waals surface area contributed by atoms with Gasteiger partial charge >= 0.3 is 0 Å². The predicted molar refractivity (Wildman–Crippen MR) is 122 cm³/mol. The van der Waals surface area contributed by atoms with Gasteiger partial charge in [-0.3, -0.25) is 5.14 Å². The Morgan fingerprint density at radius 1 is 1.19 bits per heavy atom. The van der Waals surface area contributed by atoms with E-state index in [1.807, 2.05) is 62.4 Å². The van der Waals surface area contributed by atoms with E-state index in [0.29, 0.717) is 5.41 Å². The van der Waals surface area contributed by atoms with Crippen molar-refractivity contribution in [1.82, 2.24) is 0 Å². The molecule has 1 saturated carbocycles. The lowest BCUT2D eigenvalue weighted by Gasteiger charge is -2.12. The Morgan fingerprint density at radius 3 is 2.33 bits per heavy atom. The Bertz CT molecular complexity index is 668. The number of anilines is 2. The molecule has 1 atom stereocenters. The van der Waals surface area contributed by atoms with Gasteiger partial charge in [-0.25, -0.2) is 0 Å². The van der Waals surface area contributed by atoms with Crippen LogP contribution >= 0.6 is 23.7 Å². The minimum atomic E-state index is 0.499. The van der Waals surface area contributed by atoms with Crippen LogP contribution in [0.2, 0.25) is 5.02 Å². The first kappa shape index (κ1) is 23.5. The molecular formula is C21H32ClN3OS. The fourth-order valence-corrected chi connectivity index (χ4v) is 2.99. The maximum Gasteiger partial charge on any atom is 0.142 e. The van der Waals surface area contributed by atoms with Gasteiger partial charge in [0.2, 0.25) is 0 Å². The number of ether oxygens (including phenoxy) is 1. The Balaban J connectivity index is 0.000000282. The zero-order valence-electron chi connectivity index (χ0n) is 16.9. The average Bonchev–Trinajstić information content (AvgIpc) is 3.30. The Hall–Kier alpha value is -1.56. The summed E-state index contributed by atoms with van der Waals surface area (Å²) in [6.07, 6.45) is 1.29. The monoisotopic (exact) mass is 409 g/mol. The highest BCUT2D eigenvalue weighted by atomic mass is 35.5. The predicted octanol–water partition coefficient (Wildman–Crippen LogP) is 6.45. The third kappa shape index (κ3) is 8.33. The van der Waals surface area contributed by atoms with Crippen molar-refractivity contribution >= 4 is 35.1 Å². The van der Waals surface area contributed by atoms with E-state index in [0.717, 1.165) is 46.7 Å². The molecule has 6 heteroatoms. The Kier molecular flexibility index (Phi) is 10.4. The van der Waals surface area contributed by atoms with E-state index in [4.69, 9.17) is 21.5 Å². The molecular weight excluding hydrogens is 378 g/mol. The van der Waals surface area contributed by atoms with Crippen molar-refractivity contribution in [3.63, 3.8) is 0 Å². The molecule has 4 nitrogen and oxygen atoms in total. The van der Waals surface area contributed by atoms with E-state index in [1.54, 1.807) is 7.11 Å². The van der Waals surface area contributed by atoms with Crippen molar-refractivity contribution < 1.29 is 4.74 Å². The number of rotatable bonds is 6. The van der Waals surface area contributed by atoms with E-state index in [1.165, 1.54) is 6.42 Å². The number of hydrogen-bond donors (Lipinski definition) is 3. The maximum absolute atomic E-state index is 5.97. The molecule has 0 bridgehead atoms. The zero-order valence-corrected chi connectivity index (χ0v) is 18.5. The second-order valence-electron chi connectivity index (χ2n) is 6.70. The molecule has 0 amide bonds. The van der Waals surface area contributed by atoms with Gasteiger partial charge in [0.05, 0.1) is 12.8 Å². The highest BCUT2D eigenvalue weighted by molar-refractivity contribution is 7.98. The summed E-state index contributed by atoms with van der Waals surface area (Å²) in [6, 6.07) is 15.4. The van der Waals surface area contributed by atoms with E-state index in [2.05, 4.69) is 23.9 Å². The van der Waals surface area contributed by atoms with E-state index in [-0.39, 0.29) is 0 Å². The molecule has 1 fully saturated rings. The fourth-order valence-electron chi connectivity index (χ4n) is 2.55. The van der Waals surface area contributed by atoms with Crippen molar-refractivity contribution in [2.45, 2.75) is 34.1 Å². The van der Waals surface area contributed by atoms with Gasteiger partial charge in [-0.1, -0.05) is 57.5 Å². The van der Waals surface area contributed by atoms with Gasteiger partial charge in [-0.15, -0.1) is 0 Å². The molecule has 1 aliphatic carbocycles. The van der Waals surface area contributed by atoms with Gasteiger partial charge in [0.25, 0.3) is 0 Å². The molecule has 27 heavy (non-hydrogen) atoms. The molecule has 150 valence electrons. The molecule has 1 aliphatic rings. The minimum Gasteiger partial charge on any atom is -0.495 e. The molecule has 2 aromatic carbocycles. The SMILES string of the molecule is CC.COc1ccc(Cl)cc1NCC1CC1(C)C.NSNc1ccccc1. The molecule has 1 unspecified atom stereocenters. The van der Waals surface area contributed by atoms with Crippen LogP contribution < -0.4 is 19.9 Å². The number of hydrogen-bond acceptors (Lipinski definition) is 5. The van der Waals surface area contributed by atoms with Gasteiger partial charge < -0.3 is 14.8 Å². The van der Waals surface area contributed by atoms with E-state index >= 15 is 0 Å². The van der Waals surface area contributed by atoms with Gasteiger partial charge in [-0.05, 0) is 48.1 Å². The molecule has 0 aliphatic heterocycles. The van der Waals surface area contributed by atoms with Crippen molar-refractivity contribution in [1.29, 1.82) is 0 Å². The molecule has 0 aromatic heterocycles. The lowest BCUT2D eigenvalue weighted by molar-refractivity contribution is 0.416. The highest BCUT2D eigenvalue weighted by Crippen LogP contribution is 2.51. The third-order valence-electron chi connectivity index (χ3n) is 4.37. The number of para-hydroxylation sites is 1. The van der Waals surface area contributed by atoms with Crippen LogP contribution in [0.1, 0.15) is 34.1 Å². The number of halogens is 1. The smallest absolute Gasteiger partial charge is 0.142 e. The number of methoxy groups -OCH3 is 1. The first-order valence-electron chi connectivity index (χ1n) is 9.20. The molecule has 0 saturated heterocycles. The summed E-state index contributed by atoms with van der Waals surface area (Å²) in [6.45, 7) is 9.59. The largest absolute Gasteiger partial charge is 0.495 e. The first-order chi connectivity index (χ1) is 13.0. The molecule has 3 rings (SSSR count). The van der Waals surface area contributed by atoms with Crippen LogP contribution in [0.3, 0.4) is 0 Å². The molecule has 0 heterocycles. The van der Waals surface area contributed by atoms with Gasteiger partial charge in [-0.2, -0.15) is 0 Å². The summed E-state index contributed by atoms with van der Waals surface area (Å²) in [5.74, 6) is 1.61. The van der Waals surface area contributed by atoms with Gasteiger partial charge in [0, 0.05) is 29.4 Å². The molecule has 0 radical (unpaired) electrons. The maximum atomic E-state index is 5.97. The fraction of sp³-hybridized carbons (Fsp3) is 0.429. The van der Waals surface area contributed by atoms with Crippen LogP contribution in [-0.4, -0.2) is 13.7 Å². The van der Waals surface area contributed by atoms with Crippen molar-refractivity contribution in [3.05, 3.63) is 53.6 Å². The van der Waals surface area contributed by atoms with Crippen LogP contribution in [0.15, 0.2) is 48.5 Å². The number of nitrogens with two attached hydrogens (primary N) is 1. The van der Waals surface area contributed by atoms with Gasteiger partial charge in [0.15, 0.2) is 0 Å². The molecule has 4 N–H and O–H groups in total. The van der Waals surface area contributed by atoms with E-state index in [9.17, 15) is 0 Å². The summed E-state index contributed by atoms with van der Waals surface area (Å²) >= 11 is 7.07. The second kappa shape index (κ2) is 12.0. The molecule has 2 aromatic rings. The summed E-state index contributed by atoms with van der Waals surface area (Å²) in [5.41, 5.74) is 2.52. The Labute approximate surface area is 173 Å². The highest BCUT2D eigenvalue weighted by Gasteiger charge is 2.44. The van der Waals surface area contributed by atoms with Gasteiger partial charge in [0.1, 0.15) is 5.75 Å². The van der Waals surface area contributed by atoms with Crippen molar-refractivity contribution in [3.8, 4) is 5.75 Å². The van der Waals surface area contributed by atoms with Crippen LogP contribution in [0, 0.1) is 11.3 Å². The van der Waals surface area contributed by atoms with Crippen molar-refractivity contribution in [2.24, 2.45) is 16.5 Å². The minimum absolute atomic E-state index is 0.499.